The van der Waals surface area contributed by atoms with Crippen LogP contribution in [-0.2, 0) is 12.8 Å². The van der Waals surface area contributed by atoms with Crippen LogP contribution in [0.25, 0.3) is 0 Å². The highest BCUT2D eigenvalue weighted by atomic mass is 16.3. The molecule has 0 saturated carbocycles. The van der Waals surface area contributed by atoms with Crippen molar-refractivity contribution >= 4 is 0 Å². The van der Waals surface area contributed by atoms with Crippen LogP contribution in [0.5, 0.6) is 11.5 Å². The molecule has 0 aliphatic rings. The second-order valence-corrected chi connectivity index (χ2v) is 6.30. The first-order chi connectivity index (χ1) is 11.4. The van der Waals surface area contributed by atoms with Gasteiger partial charge in [-0.1, -0.05) is 43.3 Å². The summed E-state index contributed by atoms with van der Waals surface area (Å²) in [5.74, 6) is 0.485. The van der Waals surface area contributed by atoms with Gasteiger partial charge in [-0.25, -0.2) is 0 Å². The molecule has 0 unspecified atom stereocenters. The van der Waals surface area contributed by atoms with Crippen LogP contribution in [-0.4, -0.2) is 10.2 Å². The average molecular weight is 322 g/mol. The average Bonchev–Trinajstić information content (AvgIpc) is 2.55. The Labute approximate surface area is 144 Å². The second kappa shape index (κ2) is 7.39. The molecule has 2 aromatic rings. The third-order valence-electron chi connectivity index (χ3n) is 4.73. The Bertz CT molecular complexity index is 707. The summed E-state index contributed by atoms with van der Waals surface area (Å²) in [5, 5.41) is 21.4. The smallest absolute Gasteiger partial charge is 0.123 e. The zero-order chi connectivity index (χ0) is 17.9. The van der Waals surface area contributed by atoms with E-state index < -0.39 is 0 Å². The highest BCUT2D eigenvalue weighted by Crippen LogP contribution is 2.40. The van der Waals surface area contributed by atoms with Crippen molar-refractivity contribution < 1.29 is 10.2 Å². The molecule has 2 heteroatoms. The van der Waals surface area contributed by atoms with Crippen LogP contribution in [0.1, 0.15) is 46.2 Å². The topological polar surface area (TPSA) is 40.5 Å². The van der Waals surface area contributed by atoms with E-state index in [2.05, 4.69) is 13.2 Å². The lowest BCUT2D eigenvalue weighted by Crippen LogP contribution is -2.02. The normalized spacial score (nSPS) is 10.8. The minimum atomic E-state index is -0.113. The number of allylic oxidation sites excluding steroid dienone is 2. The minimum Gasteiger partial charge on any atom is -0.507 e. The first kappa shape index (κ1) is 17.9. The Balaban J connectivity index is 2.55. The van der Waals surface area contributed by atoms with Crippen molar-refractivity contribution in [1.29, 1.82) is 0 Å². The van der Waals surface area contributed by atoms with Gasteiger partial charge in [-0.15, -0.1) is 13.2 Å². The highest BCUT2D eigenvalue weighted by Gasteiger charge is 2.20. The molecule has 0 radical (unpaired) electrons. The molecule has 0 saturated heterocycles. The first-order valence-electron chi connectivity index (χ1n) is 8.26. The first-order valence-corrected chi connectivity index (χ1v) is 8.26. The largest absolute Gasteiger partial charge is 0.507 e. The molecule has 0 bridgehead atoms. The zero-order valence-corrected chi connectivity index (χ0v) is 14.8. The van der Waals surface area contributed by atoms with E-state index in [1.807, 2.05) is 45.0 Å². The number of phenolic OH excluding ortho intramolecular Hbond substituents is 2. The van der Waals surface area contributed by atoms with Crippen molar-refractivity contribution in [2.24, 2.45) is 0 Å². The molecule has 0 atom stereocenters. The van der Waals surface area contributed by atoms with Crippen molar-refractivity contribution in [3.05, 3.63) is 83.0 Å². The molecule has 24 heavy (non-hydrogen) atoms. The van der Waals surface area contributed by atoms with Gasteiger partial charge in [0.05, 0.1) is 0 Å². The third kappa shape index (κ3) is 3.23. The summed E-state index contributed by atoms with van der Waals surface area (Å²) >= 11 is 0. The molecule has 0 aromatic heterocycles. The SMILES string of the molecule is C=CCc1c(C)ccc(C(C)c2ccc(C)c(CC=C)c2O)c1O. The predicted octanol–water partition coefficient (Wildman–Crippen LogP) is 5.32. The summed E-state index contributed by atoms with van der Waals surface area (Å²) in [6.07, 6.45) is 4.84. The molecule has 2 N–H and O–H groups in total. The fourth-order valence-electron chi connectivity index (χ4n) is 3.18. The van der Waals surface area contributed by atoms with E-state index in [9.17, 15) is 10.2 Å². The van der Waals surface area contributed by atoms with Crippen LogP contribution in [0.2, 0.25) is 0 Å². The van der Waals surface area contributed by atoms with E-state index in [1.54, 1.807) is 12.2 Å². The summed E-state index contributed by atoms with van der Waals surface area (Å²) in [7, 11) is 0. The highest BCUT2D eigenvalue weighted by molar-refractivity contribution is 5.54. The van der Waals surface area contributed by atoms with Gasteiger partial charge in [0, 0.05) is 28.2 Å². The number of hydrogen-bond acceptors (Lipinski definition) is 2. The van der Waals surface area contributed by atoms with E-state index >= 15 is 0 Å². The van der Waals surface area contributed by atoms with Crippen LogP contribution in [0, 0.1) is 13.8 Å². The van der Waals surface area contributed by atoms with Gasteiger partial charge in [0.1, 0.15) is 11.5 Å². The number of aromatic hydroxyl groups is 2. The minimum absolute atomic E-state index is 0.113. The number of benzene rings is 2. The molecule has 0 spiro atoms. The maximum Gasteiger partial charge on any atom is 0.123 e. The van der Waals surface area contributed by atoms with Gasteiger partial charge >= 0.3 is 0 Å². The number of rotatable bonds is 6. The van der Waals surface area contributed by atoms with Crippen molar-refractivity contribution in [2.45, 2.75) is 39.5 Å². The summed E-state index contributed by atoms with van der Waals surface area (Å²) in [5.41, 5.74) is 5.52. The Morgan fingerprint density at radius 1 is 0.833 bits per heavy atom. The number of phenols is 2. The van der Waals surface area contributed by atoms with Crippen molar-refractivity contribution in [1.82, 2.24) is 0 Å². The van der Waals surface area contributed by atoms with Gasteiger partial charge in [0.15, 0.2) is 0 Å². The Hall–Kier alpha value is -2.48. The molecule has 2 rings (SSSR count). The zero-order valence-electron chi connectivity index (χ0n) is 14.8. The summed E-state index contributed by atoms with van der Waals surface area (Å²) in [4.78, 5) is 0. The summed E-state index contributed by atoms with van der Waals surface area (Å²) < 4.78 is 0. The van der Waals surface area contributed by atoms with Gasteiger partial charge in [-0.2, -0.15) is 0 Å². The van der Waals surface area contributed by atoms with Crippen LogP contribution >= 0.6 is 0 Å². The van der Waals surface area contributed by atoms with E-state index in [0.717, 1.165) is 33.4 Å². The number of aryl methyl sites for hydroxylation is 2. The quantitative estimate of drug-likeness (QED) is 0.706. The lowest BCUT2D eigenvalue weighted by molar-refractivity contribution is 0.450. The molecule has 0 aliphatic carbocycles. The maximum absolute atomic E-state index is 10.7. The number of hydrogen-bond donors (Lipinski definition) is 2. The molecule has 0 aliphatic heterocycles. The lowest BCUT2D eigenvalue weighted by Gasteiger charge is -2.20. The van der Waals surface area contributed by atoms with Crippen molar-refractivity contribution in [3.63, 3.8) is 0 Å². The maximum atomic E-state index is 10.7. The molecule has 0 fully saturated rings. The fourth-order valence-corrected chi connectivity index (χ4v) is 3.18. The molecule has 2 nitrogen and oxygen atoms in total. The molecule has 2 aromatic carbocycles. The fraction of sp³-hybridized carbons (Fsp3) is 0.273. The lowest BCUT2D eigenvalue weighted by atomic mass is 9.86. The molecule has 0 heterocycles. The molecular formula is C22H26O2. The van der Waals surface area contributed by atoms with Gasteiger partial charge in [0.2, 0.25) is 0 Å². The summed E-state index contributed by atoms with van der Waals surface area (Å²) in [6.45, 7) is 13.5. The van der Waals surface area contributed by atoms with E-state index in [4.69, 9.17) is 0 Å². The molecular weight excluding hydrogens is 296 g/mol. The monoisotopic (exact) mass is 322 g/mol. The van der Waals surface area contributed by atoms with Crippen LogP contribution in [0.3, 0.4) is 0 Å². The molecule has 0 amide bonds. The van der Waals surface area contributed by atoms with Crippen LogP contribution < -0.4 is 0 Å². The van der Waals surface area contributed by atoms with Crippen molar-refractivity contribution in [2.75, 3.05) is 0 Å². The van der Waals surface area contributed by atoms with Crippen LogP contribution in [0.4, 0.5) is 0 Å². The predicted molar refractivity (Wildman–Crippen MR) is 101 cm³/mol. The van der Waals surface area contributed by atoms with Crippen molar-refractivity contribution in [3.8, 4) is 11.5 Å². The van der Waals surface area contributed by atoms with Gasteiger partial charge in [-0.3, -0.25) is 0 Å². The van der Waals surface area contributed by atoms with Gasteiger partial charge in [-0.05, 0) is 37.8 Å². The summed E-state index contributed by atoms with van der Waals surface area (Å²) in [6, 6.07) is 7.91. The van der Waals surface area contributed by atoms with Crippen LogP contribution in [0.15, 0.2) is 49.6 Å². The Morgan fingerprint density at radius 3 is 1.54 bits per heavy atom. The second-order valence-electron chi connectivity index (χ2n) is 6.30. The van der Waals surface area contributed by atoms with E-state index in [0.29, 0.717) is 24.3 Å². The standard InChI is InChI=1S/C22H26O2/c1-6-8-17-14(3)10-12-19(21(17)23)16(5)20-13-11-15(4)18(9-7-2)22(20)24/h6-7,10-13,16,23-24H,1-2,8-9H2,3-5H3. The third-order valence-corrected chi connectivity index (χ3v) is 4.73. The van der Waals surface area contributed by atoms with E-state index in [-0.39, 0.29) is 5.92 Å². The molecule has 126 valence electrons. The van der Waals surface area contributed by atoms with E-state index in [1.165, 1.54) is 0 Å². The van der Waals surface area contributed by atoms with Gasteiger partial charge in [0.25, 0.3) is 0 Å². The van der Waals surface area contributed by atoms with Gasteiger partial charge < -0.3 is 10.2 Å². The Kier molecular flexibility index (Phi) is 5.50. The Morgan fingerprint density at radius 2 is 1.21 bits per heavy atom.